The van der Waals surface area contributed by atoms with Crippen LogP contribution in [0.4, 0.5) is 11.4 Å². The molecule has 1 unspecified atom stereocenters. The van der Waals surface area contributed by atoms with Gasteiger partial charge in [-0.15, -0.1) is 0 Å². The summed E-state index contributed by atoms with van der Waals surface area (Å²) < 4.78 is 5.82. The number of nitrogens with zero attached hydrogens (tertiary/aromatic N) is 2. The minimum Gasteiger partial charge on any atom is -0.478 e. The fourth-order valence-electron chi connectivity index (χ4n) is 4.62. The second-order valence-corrected chi connectivity index (χ2v) is 11.2. The van der Waals surface area contributed by atoms with E-state index in [2.05, 4.69) is 91.6 Å². The Kier molecular flexibility index (Phi) is 22.4. The number of unbranched alkanes of at least 4 members (excludes halogenated alkanes) is 1. The Balaban J connectivity index is 0.00000100. The molecule has 1 aromatic rings. The monoisotopic (exact) mass is 584 g/mol. The lowest BCUT2D eigenvalue weighted by Crippen LogP contribution is -2.36. The zero-order chi connectivity index (χ0) is 31.9. The van der Waals surface area contributed by atoms with Crippen molar-refractivity contribution < 1.29 is 4.74 Å². The van der Waals surface area contributed by atoms with Crippen molar-refractivity contribution in [1.82, 2.24) is 5.32 Å². The Morgan fingerprint density at radius 1 is 1.00 bits per heavy atom. The maximum atomic E-state index is 7.85. The van der Waals surface area contributed by atoms with Crippen LogP contribution >= 0.6 is 0 Å². The summed E-state index contributed by atoms with van der Waals surface area (Å²) >= 11 is 0. The number of ether oxygens (including phenoxy) is 1. The number of allylic oxidation sites excluding steroid dienone is 1. The van der Waals surface area contributed by atoms with Crippen molar-refractivity contribution in [3.05, 3.63) is 46.4 Å². The van der Waals surface area contributed by atoms with Gasteiger partial charge in [-0.25, -0.2) is 4.99 Å². The van der Waals surface area contributed by atoms with E-state index in [0.29, 0.717) is 18.2 Å². The molecular weight excluding hydrogens is 518 g/mol. The maximum Gasteiger partial charge on any atom is 0.209 e. The van der Waals surface area contributed by atoms with Crippen LogP contribution < -0.4 is 16.0 Å². The van der Waals surface area contributed by atoms with Gasteiger partial charge >= 0.3 is 0 Å². The average Bonchev–Trinajstić information content (AvgIpc) is 2.99. The summed E-state index contributed by atoms with van der Waals surface area (Å²) in [4.78, 5) is 7.16. The molecule has 1 atom stereocenters. The van der Waals surface area contributed by atoms with Crippen LogP contribution in [-0.2, 0) is 4.74 Å². The summed E-state index contributed by atoms with van der Waals surface area (Å²) in [7, 11) is 0. The Labute approximate surface area is 259 Å². The summed E-state index contributed by atoms with van der Waals surface area (Å²) in [5.41, 5.74) is 13.8. The molecule has 2 heterocycles. The highest BCUT2D eigenvalue weighted by Crippen LogP contribution is 2.36. The van der Waals surface area contributed by atoms with Gasteiger partial charge in [-0.2, -0.15) is 0 Å². The van der Waals surface area contributed by atoms with Crippen molar-refractivity contribution in [3.8, 4) is 0 Å². The van der Waals surface area contributed by atoms with Crippen molar-refractivity contribution in [2.45, 2.75) is 121 Å². The molecule has 2 aliphatic rings. The number of rotatable bonds is 10. The average molecular weight is 584 g/mol. The van der Waals surface area contributed by atoms with Gasteiger partial charge in [0.05, 0.1) is 12.3 Å². The van der Waals surface area contributed by atoms with E-state index in [1.165, 1.54) is 62.6 Å². The molecule has 0 spiro atoms. The minimum absolute atomic E-state index is 0.424. The molecular formula is C36H65N5O. The molecule has 0 radical (unpaired) electrons. The van der Waals surface area contributed by atoms with Crippen LogP contribution in [0.2, 0.25) is 0 Å². The number of benzene rings is 1. The molecule has 0 bridgehead atoms. The van der Waals surface area contributed by atoms with E-state index < -0.39 is 0 Å². The van der Waals surface area contributed by atoms with Gasteiger partial charge in [-0.05, 0) is 93.8 Å². The van der Waals surface area contributed by atoms with Crippen LogP contribution in [0.1, 0.15) is 125 Å². The first-order valence-electron chi connectivity index (χ1n) is 16.7. The zero-order valence-corrected chi connectivity index (χ0v) is 29.0. The summed E-state index contributed by atoms with van der Waals surface area (Å²) in [5.74, 6) is 1.19. The molecule has 1 aromatic carbocycles. The van der Waals surface area contributed by atoms with Crippen molar-refractivity contribution in [2.24, 2.45) is 10.9 Å². The number of aryl methyl sites for hydroxylation is 1. The third kappa shape index (κ3) is 14.0. The molecule has 6 nitrogen and oxygen atoms in total. The van der Waals surface area contributed by atoms with Crippen molar-refractivity contribution in [1.29, 1.82) is 5.41 Å². The number of nitrogens with one attached hydrogen (secondary N) is 2. The topological polar surface area (TPSA) is 86.7 Å². The highest BCUT2D eigenvalue weighted by molar-refractivity contribution is 6.00. The number of hydrogen-bond donors (Lipinski definition) is 3. The highest BCUT2D eigenvalue weighted by atomic mass is 16.5. The molecule has 0 amide bonds. The number of hydrogen-bond acceptors (Lipinski definition) is 6. The molecule has 240 valence electrons. The molecule has 0 aromatic heterocycles. The first-order valence-corrected chi connectivity index (χ1v) is 16.7. The van der Waals surface area contributed by atoms with E-state index in [1.54, 1.807) is 0 Å². The molecule has 4 N–H and O–H groups in total. The van der Waals surface area contributed by atoms with Crippen LogP contribution in [0.15, 0.2) is 40.2 Å². The number of nitrogen functional groups attached to an aromatic ring is 1. The normalized spacial score (nSPS) is 18.5. The zero-order valence-electron chi connectivity index (χ0n) is 29.0. The SMILES string of the molecule is CCC.CCCC.CCCNCCC.CCCOC1=C\CC(C)C2=C(CCN(c3c(C)ccc(N)c3C=N)C2)/C(C)=N\1. The molecule has 3 rings (SSSR count). The van der Waals surface area contributed by atoms with Gasteiger partial charge in [0.25, 0.3) is 0 Å². The Morgan fingerprint density at radius 2 is 1.62 bits per heavy atom. The van der Waals surface area contributed by atoms with Gasteiger partial charge in [0.15, 0.2) is 0 Å². The smallest absolute Gasteiger partial charge is 0.209 e. The van der Waals surface area contributed by atoms with Gasteiger partial charge in [-0.3, -0.25) is 0 Å². The van der Waals surface area contributed by atoms with E-state index in [1.807, 2.05) is 6.07 Å². The number of anilines is 2. The second kappa shape index (κ2) is 23.9. The van der Waals surface area contributed by atoms with Gasteiger partial charge in [-0.1, -0.05) is 80.7 Å². The molecule has 6 heteroatoms. The molecule has 2 aliphatic heterocycles. The van der Waals surface area contributed by atoms with E-state index in [4.69, 9.17) is 20.9 Å². The second-order valence-electron chi connectivity index (χ2n) is 11.2. The standard InChI is InChI=1S/C23H32N4O.C6H15N.C4H10.C3H8/c1-5-12-28-22-9-7-15(2)20-14-27(11-10-18(20)17(4)26-22)23-16(3)6-8-21(25)19(23)13-24;1-3-5-7-6-4-2;1-3-4-2;1-3-2/h6,8-9,13,15,24H,5,7,10-12,14,25H2,1-4H3;7H,3-6H2,1-2H3;3-4H2,1-2H3;3H2,1-2H3/b22-9-,24-13?,26-17-;;;. The quantitative estimate of drug-likeness (QED) is 0.145. The van der Waals surface area contributed by atoms with Crippen LogP contribution in [-0.4, -0.2) is 44.7 Å². The van der Waals surface area contributed by atoms with Crippen LogP contribution in [0, 0.1) is 18.3 Å². The molecule has 0 fully saturated rings. The summed E-state index contributed by atoms with van der Waals surface area (Å²) in [5, 5.41) is 11.1. The lowest BCUT2D eigenvalue weighted by molar-refractivity contribution is 0.209. The van der Waals surface area contributed by atoms with Crippen LogP contribution in [0.3, 0.4) is 0 Å². The lowest BCUT2D eigenvalue weighted by atomic mass is 9.85. The van der Waals surface area contributed by atoms with E-state index in [-0.39, 0.29) is 0 Å². The largest absolute Gasteiger partial charge is 0.478 e. The van der Waals surface area contributed by atoms with E-state index >= 15 is 0 Å². The van der Waals surface area contributed by atoms with Crippen molar-refractivity contribution in [3.63, 3.8) is 0 Å². The fourth-order valence-corrected chi connectivity index (χ4v) is 4.62. The first-order chi connectivity index (χ1) is 20.2. The fraction of sp³-hybridized carbons (Fsp3) is 0.667. The number of nitrogens with two attached hydrogens (primary N) is 1. The third-order valence-corrected chi connectivity index (χ3v) is 7.06. The Morgan fingerprint density at radius 3 is 2.14 bits per heavy atom. The molecule has 0 saturated heterocycles. The Bertz CT molecular complexity index is 973. The first kappa shape index (κ1) is 39.4. The predicted molar refractivity (Wildman–Crippen MR) is 189 cm³/mol. The Hall–Kier alpha value is -2.60. The minimum atomic E-state index is 0.424. The summed E-state index contributed by atoms with van der Waals surface area (Å²) in [6.07, 6.45) is 12.8. The highest BCUT2D eigenvalue weighted by Gasteiger charge is 2.27. The van der Waals surface area contributed by atoms with Gasteiger partial charge < -0.3 is 26.1 Å². The van der Waals surface area contributed by atoms with E-state index in [9.17, 15) is 0 Å². The van der Waals surface area contributed by atoms with Gasteiger partial charge in [0.2, 0.25) is 5.88 Å². The van der Waals surface area contributed by atoms with Gasteiger partial charge in [0.1, 0.15) is 0 Å². The van der Waals surface area contributed by atoms with Crippen LogP contribution in [0.5, 0.6) is 0 Å². The van der Waals surface area contributed by atoms with Crippen LogP contribution in [0.25, 0.3) is 0 Å². The molecule has 42 heavy (non-hydrogen) atoms. The summed E-state index contributed by atoms with van der Waals surface area (Å²) in [6, 6.07) is 3.95. The van der Waals surface area contributed by atoms with Crippen molar-refractivity contribution >= 4 is 23.3 Å². The molecule has 0 aliphatic carbocycles. The summed E-state index contributed by atoms with van der Waals surface area (Å²) in [6.45, 7) is 26.4. The molecule has 0 saturated carbocycles. The predicted octanol–water partition coefficient (Wildman–Crippen LogP) is 9.47. The lowest BCUT2D eigenvalue weighted by Gasteiger charge is -2.37. The van der Waals surface area contributed by atoms with E-state index in [0.717, 1.165) is 60.8 Å². The van der Waals surface area contributed by atoms with Crippen molar-refractivity contribution in [2.75, 3.05) is 43.4 Å². The number of aliphatic imine (C=N–C) groups is 1. The maximum absolute atomic E-state index is 7.85. The third-order valence-electron chi connectivity index (χ3n) is 7.06. The van der Waals surface area contributed by atoms with Gasteiger partial charge in [0, 0.05) is 36.3 Å².